The van der Waals surface area contributed by atoms with Gasteiger partial charge in [0.15, 0.2) is 17.6 Å². The number of hydrogen-bond donors (Lipinski definition) is 1. The molecule has 1 amide bonds. The number of fused-ring (bicyclic) bond motifs is 1. The number of nitriles is 1. The Balaban J connectivity index is 1.42. The summed E-state index contributed by atoms with van der Waals surface area (Å²) in [7, 11) is 0. The van der Waals surface area contributed by atoms with E-state index in [1.807, 2.05) is 26.0 Å². The number of aromatic nitrogens is 1. The number of benzene rings is 1. The first kappa shape index (κ1) is 20.5. The average molecular weight is 421 g/mol. The number of aryl methyl sites for hydroxylation is 1. The predicted molar refractivity (Wildman–Crippen MR) is 113 cm³/mol. The molecule has 1 aliphatic carbocycles. The van der Waals surface area contributed by atoms with E-state index in [-0.39, 0.29) is 12.4 Å². The fraction of sp³-hybridized carbons (Fsp3) is 0.348. The van der Waals surface area contributed by atoms with Gasteiger partial charge in [0, 0.05) is 29.2 Å². The SMILES string of the molecule is Cc1cc(/C=C(\C#N)C(=O)O[C@H](C)C(=O)Nc2ccc3c(c2)OCO3)c(C)n1C1CC1. The number of carbonyl (C=O) groups excluding carboxylic acids is 2. The Kier molecular flexibility index (Phi) is 5.42. The molecule has 2 heterocycles. The lowest BCUT2D eigenvalue weighted by Crippen LogP contribution is -2.30. The lowest BCUT2D eigenvalue weighted by atomic mass is 10.1. The minimum Gasteiger partial charge on any atom is -0.454 e. The average Bonchev–Trinajstić information content (AvgIpc) is 3.38. The molecule has 0 spiro atoms. The van der Waals surface area contributed by atoms with Crippen molar-refractivity contribution in [2.45, 2.75) is 45.8 Å². The molecule has 2 aliphatic rings. The van der Waals surface area contributed by atoms with Crippen LogP contribution >= 0.6 is 0 Å². The van der Waals surface area contributed by atoms with Crippen molar-refractivity contribution >= 4 is 23.6 Å². The number of nitrogens with one attached hydrogen (secondary N) is 1. The number of rotatable bonds is 6. The van der Waals surface area contributed by atoms with E-state index in [1.165, 1.54) is 13.0 Å². The zero-order chi connectivity index (χ0) is 22.1. The Hall–Kier alpha value is -3.73. The maximum absolute atomic E-state index is 12.5. The van der Waals surface area contributed by atoms with Crippen molar-refractivity contribution in [3.8, 4) is 17.6 Å². The molecule has 31 heavy (non-hydrogen) atoms. The molecule has 0 unspecified atom stereocenters. The van der Waals surface area contributed by atoms with Gasteiger partial charge < -0.3 is 24.1 Å². The molecule has 2 aromatic rings. The van der Waals surface area contributed by atoms with Crippen LogP contribution in [-0.2, 0) is 14.3 Å². The summed E-state index contributed by atoms with van der Waals surface area (Å²) in [6.07, 6.45) is 2.71. The molecular weight excluding hydrogens is 398 g/mol. The van der Waals surface area contributed by atoms with Gasteiger partial charge in [0.2, 0.25) is 6.79 Å². The molecule has 1 atom stereocenters. The minimum atomic E-state index is -1.09. The maximum Gasteiger partial charge on any atom is 0.349 e. The van der Waals surface area contributed by atoms with E-state index >= 15 is 0 Å². The van der Waals surface area contributed by atoms with Crippen LogP contribution in [0.2, 0.25) is 0 Å². The van der Waals surface area contributed by atoms with E-state index in [4.69, 9.17) is 14.2 Å². The smallest absolute Gasteiger partial charge is 0.349 e. The fourth-order valence-corrected chi connectivity index (χ4v) is 3.63. The topological polar surface area (TPSA) is 103 Å². The molecule has 1 fully saturated rings. The number of ether oxygens (including phenoxy) is 3. The highest BCUT2D eigenvalue weighted by Gasteiger charge is 2.27. The molecule has 8 heteroatoms. The molecular formula is C23H23N3O5. The third-order valence-electron chi connectivity index (χ3n) is 5.37. The summed E-state index contributed by atoms with van der Waals surface area (Å²) >= 11 is 0. The number of carbonyl (C=O) groups is 2. The van der Waals surface area contributed by atoms with Gasteiger partial charge in [0.1, 0.15) is 11.6 Å². The highest BCUT2D eigenvalue weighted by molar-refractivity contribution is 6.01. The van der Waals surface area contributed by atoms with E-state index in [2.05, 4.69) is 9.88 Å². The Morgan fingerprint density at radius 2 is 2.00 bits per heavy atom. The van der Waals surface area contributed by atoms with Gasteiger partial charge in [0.25, 0.3) is 5.91 Å². The largest absolute Gasteiger partial charge is 0.454 e. The van der Waals surface area contributed by atoms with Crippen molar-refractivity contribution in [1.29, 1.82) is 5.26 Å². The van der Waals surface area contributed by atoms with Crippen molar-refractivity contribution in [2.24, 2.45) is 0 Å². The first-order chi connectivity index (χ1) is 14.9. The number of anilines is 1. The number of esters is 1. The molecule has 0 radical (unpaired) electrons. The van der Waals surface area contributed by atoms with Gasteiger partial charge in [-0.05, 0) is 63.5 Å². The second kappa shape index (κ2) is 8.19. The Morgan fingerprint density at radius 1 is 1.26 bits per heavy atom. The molecule has 1 aromatic heterocycles. The van der Waals surface area contributed by atoms with Gasteiger partial charge in [-0.2, -0.15) is 5.26 Å². The van der Waals surface area contributed by atoms with E-state index in [9.17, 15) is 14.9 Å². The van der Waals surface area contributed by atoms with Crippen molar-refractivity contribution in [2.75, 3.05) is 12.1 Å². The summed E-state index contributed by atoms with van der Waals surface area (Å²) in [5.74, 6) is -0.230. The van der Waals surface area contributed by atoms with E-state index in [0.717, 1.165) is 29.8 Å². The monoisotopic (exact) mass is 421 g/mol. The molecule has 1 N–H and O–H groups in total. The molecule has 1 saturated carbocycles. The lowest BCUT2D eigenvalue weighted by Gasteiger charge is -2.13. The number of nitrogens with zero attached hydrogens (tertiary/aromatic N) is 2. The van der Waals surface area contributed by atoms with Crippen LogP contribution in [0.5, 0.6) is 11.5 Å². The Bertz CT molecular complexity index is 1120. The second-order valence-electron chi connectivity index (χ2n) is 7.70. The zero-order valence-corrected chi connectivity index (χ0v) is 17.6. The minimum absolute atomic E-state index is 0.132. The fourth-order valence-electron chi connectivity index (χ4n) is 3.63. The molecule has 8 nitrogen and oxygen atoms in total. The van der Waals surface area contributed by atoms with Crippen molar-refractivity contribution < 1.29 is 23.8 Å². The summed E-state index contributed by atoms with van der Waals surface area (Å²) in [5, 5.41) is 12.1. The van der Waals surface area contributed by atoms with E-state index in [0.29, 0.717) is 23.2 Å². The third-order valence-corrected chi connectivity index (χ3v) is 5.37. The third kappa shape index (κ3) is 4.26. The van der Waals surface area contributed by atoms with Crippen molar-refractivity contribution in [1.82, 2.24) is 4.57 Å². The van der Waals surface area contributed by atoms with Crippen LogP contribution in [-0.4, -0.2) is 29.3 Å². The summed E-state index contributed by atoms with van der Waals surface area (Å²) < 4.78 is 18.0. The van der Waals surface area contributed by atoms with Crippen molar-refractivity contribution in [3.63, 3.8) is 0 Å². The summed E-state index contributed by atoms with van der Waals surface area (Å²) in [6.45, 7) is 5.57. The van der Waals surface area contributed by atoms with Gasteiger partial charge in [-0.25, -0.2) is 4.79 Å². The number of amides is 1. The zero-order valence-electron chi connectivity index (χ0n) is 17.6. The summed E-state index contributed by atoms with van der Waals surface area (Å²) in [4.78, 5) is 24.9. The Labute approximate surface area is 180 Å². The Morgan fingerprint density at radius 3 is 2.71 bits per heavy atom. The van der Waals surface area contributed by atoms with Crippen LogP contribution < -0.4 is 14.8 Å². The highest BCUT2D eigenvalue weighted by atomic mass is 16.7. The van der Waals surface area contributed by atoms with E-state index in [1.54, 1.807) is 18.2 Å². The van der Waals surface area contributed by atoms with Gasteiger partial charge in [-0.1, -0.05) is 0 Å². The second-order valence-corrected chi connectivity index (χ2v) is 7.70. The number of hydrogen-bond acceptors (Lipinski definition) is 6. The van der Waals surface area contributed by atoms with Gasteiger partial charge >= 0.3 is 5.97 Å². The van der Waals surface area contributed by atoms with Gasteiger partial charge in [-0.3, -0.25) is 4.79 Å². The molecule has 1 aliphatic heterocycles. The predicted octanol–water partition coefficient (Wildman–Crippen LogP) is 3.65. The quantitative estimate of drug-likeness (QED) is 0.434. The van der Waals surface area contributed by atoms with Crippen LogP contribution in [0.3, 0.4) is 0 Å². The first-order valence-corrected chi connectivity index (χ1v) is 10.1. The molecule has 0 bridgehead atoms. The van der Waals surface area contributed by atoms with E-state index < -0.39 is 18.0 Å². The van der Waals surface area contributed by atoms with Gasteiger partial charge in [0.05, 0.1) is 0 Å². The standard InChI is InChI=1S/C23H23N3O5/c1-13-8-16(14(2)26(13)19-5-6-19)9-17(11-24)23(28)31-15(3)22(27)25-18-4-7-20-21(10-18)30-12-29-20/h4,7-10,15,19H,5-6,12H2,1-3H3,(H,25,27)/b17-9+/t15-/m1/s1. The first-order valence-electron chi connectivity index (χ1n) is 10.1. The van der Waals surface area contributed by atoms with Crippen LogP contribution in [0.4, 0.5) is 5.69 Å². The van der Waals surface area contributed by atoms with Gasteiger partial charge in [-0.15, -0.1) is 0 Å². The molecule has 0 saturated heterocycles. The van der Waals surface area contributed by atoms with Crippen LogP contribution in [0.15, 0.2) is 29.8 Å². The lowest BCUT2D eigenvalue weighted by molar-refractivity contribution is -0.148. The molecule has 160 valence electrons. The highest BCUT2D eigenvalue weighted by Crippen LogP contribution is 2.38. The van der Waals surface area contributed by atoms with Crippen LogP contribution in [0, 0.1) is 25.2 Å². The molecule has 4 rings (SSSR count). The van der Waals surface area contributed by atoms with Crippen LogP contribution in [0.1, 0.15) is 42.8 Å². The molecule has 1 aromatic carbocycles. The van der Waals surface area contributed by atoms with Crippen LogP contribution in [0.25, 0.3) is 6.08 Å². The van der Waals surface area contributed by atoms with Crippen molar-refractivity contribution in [3.05, 3.63) is 46.8 Å². The normalized spacial score (nSPS) is 15.9. The summed E-state index contributed by atoms with van der Waals surface area (Å²) in [5.41, 5.74) is 3.23. The maximum atomic E-state index is 12.5. The summed E-state index contributed by atoms with van der Waals surface area (Å²) in [6, 6.07) is 9.32.